The lowest BCUT2D eigenvalue weighted by molar-refractivity contribution is -0.139. The van der Waals surface area contributed by atoms with Gasteiger partial charge in [-0.25, -0.2) is 4.79 Å². The number of aliphatic carboxylic acids is 1. The number of Topliss-reactive ketones (excluding diaryl/α,β-unsaturated/α-hetero) is 1. The number of carboxylic acids is 1. The van der Waals surface area contributed by atoms with E-state index in [0.717, 1.165) is 0 Å². The molecule has 0 aromatic heterocycles. The van der Waals surface area contributed by atoms with Crippen LogP contribution >= 0.6 is 0 Å². The van der Waals surface area contributed by atoms with E-state index in [0.29, 0.717) is 16.9 Å². The highest BCUT2D eigenvalue weighted by atomic mass is 16.5. The summed E-state index contributed by atoms with van der Waals surface area (Å²) in [5.41, 5.74) is 0.554. The predicted octanol–water partition coefficient (Wildman–Crippen LogP) is 2.56. The number of ketones is 1. The smallest absolute Gasteiger partial charge is 0.326 e. The lowest BCUT2D eigenvalue weighted by Crippen LogP contribution is -2.42. The van der Waals surface area contributed by atoms with E-state index in [4.69, 9.17) is 4.74 Å². The minimum absolute atomic E-state index is 0.0581. The number of carbonyl (C=O) groups is 3. The summed E-state index contributed by atoms with van der Waals surface area (Å²) >= 11 is 0. The summed E-state index contributed by atoms with van der Waals surface area (Å²) in [5, 5.41) is 21.2. The quantitative estimate of drug-likeness (QED) is 0.731. The third kappa shape index (κ3) is 4.31. The van der Waals surface area contributed by atoms with Crippen LogP contribution in [0.3, 0.4) is 0 Å². The van der Waals surface area contributed by atoms with E-state index in [1.54, 1.807) is 18.2 Å². The predicted molar refractivity (Wildman–Crippen MR) is 101 cm³/mol. The summed E-state index contributed by atoms with van der Waals surface area (Å²) < 4.78 is 5.77. The lowest BCUT2D eigenvalue weighted by atomic mass is 9.92. The Labute approximate surface area is 162 Å². The molecule has 2 aromatic carbocycles. The Bertz CT molecular complexity index is 932. The molecule has 28 heavy (non-hydrogen) atoms. The van der Waals surface area contributed by atoms with Crippen molar-refractivity contribution in [2.75, 3.05) is 0 Å². The van der Waals surface area contributed by atoms with E-state index in [1.165, 1.54) is 24.3 Å². The molecule has 0 radical (unpaired) electrons. The van der Waals surface area contributed by atoms with E-state index < -0.39 is 23.5 Å². The standard InChI is InChI=1S/C21H21NO6/c1-21(2)11-17(24)15-10-13(5-8-18(15)28-21)19(25)22-16(20(26)27)9-12-3-6-14(23)7-4-12/h3-8,10,16,23H,9,11H2,1-2H3,(H,22,25)(H,26,27). The largest absolute Gasteiger partial charge is 0.508 e. The highest BCUT2D eigenvalue weighted by molar-refractivity contribution is 6.04. The summed E-state index contributed by atoms with van der Waals surface area (Å²) in [7, 11) is 0. The SMILES string of the molecule is CC1(C)CC(=O)c2cc(C(=O)NC(Cc3ccc(O)cc3)C(=O)O)ccc2O1. The molecule has 0 aliphatic carbocycles. The van der Waals surface area contributed by atoms with Gasteiger partial charge in [-0.05, 0) is 49.7 Å². The number of nitrogens with one attached hydrogen (secondary N) is 1. The van der Waals surface area contributed by atoms with Crippen molar-refractivity contribution < 1.29 is 29.3 Å². The number of phenols is 1. The van der Waals surface area contributed by atoms with Crippen LogP contribution < -0.4 is 10.1 Å². The van der Waals surface area contributed by atoms with E-state index in [2.05, 4.69) is 5.32 Å². The highest BCUT2D eigenvalue weighted by Gasteiger charge is 2.33. The first-order valence-electron chi connectivity index (χ1n) is 8.82. The summed E-state index contributed by atoms with van der Waals surface area (Å²) in [4.78, 5) is 36.5. The van der Waals surface area contributed by atoms with Gasteiger partial charge in [-0.15, -0.1) is 0 Å². The Morgan fingerprint density at radius 2 is 1.86 bits per heavy atom. The molecule has 0 spiro atoms. The second kappa shape index (κ2) is 7.34. The number of carboxylic acid groups (broad SMARTS) is 1. The molecule has 7 heteroatoms. The molecule has 0 saturated carbocycles. The van der Waals surface area contributed by atoms with Gasteiger partial charge in [0.15, 0.2) is 5.78 Å². The molecule has 146 valence electrons. The fraction of sp³-hybridized carbons (Fsp3) is 0.286. The van der Waals surface area contributed by atoms with Gasteiger partial charge in [-0.2, -0.15) is 0 Å². The molecule has 1 unspecified atom stereocenters. The van der Waals surface area contributed by atoms with Crippen LogP contribution in [0, 0.1) is 0 Å². The minimum atomic E-state index is -1.18. The van der Waals surface area contributed by atoms with Crippen LogP contribution in [0.15, 0.2) is 42.5 Å². The van der Waals surface area contributed by atoms with E-state index >= 15 is 0 Å². The number of hydrogen-bond donors (Lipinski definition) is 3. The zero-order valence-corrected chi connectivity index (χ0v) is 15.6. The Balaban J connectivity index is 1.77. The van der Waals surface area contributed by atoms with Crippen LogP contribution in [0.2, 0.25) is 0 Å². The van der Waals surface area contributed by atoms with Gasteiger partial charge >= 0.3 is 5.97 Å². The number of phenolic OH excluding ortho intramolecular Hbond substituents is 1. The molecular weight excluding hydrogens is 362 g/mol. The van der Waals surface area contributed by atoms with Crippen molar-refractivity contribution in [1.82, 2.24) is 5.32 Å². The van der Waals surface area contributed by atoms with Gasteiger partial charge in [0.1, 0.15) is 23.1 Å². The van der Waals surface area contributed by atoms with Crippen LogP contribution in [-0.4, -0.2) is 39.5 Å². The molecule has 1 heterocycles. The molecule has 2 aromatic rings. The van der Waals surface area contributed by atoms with E-state index in [1.807, 2.05) is 13.8 Å². The second-order valence-corrected chi connectivity index (χ2v) is 7.41. The number of fused-ring (bicyclic) bond motifs is 1. The van der Waals surface area contributed by atoms with Gasteiger partial charge in [-0.1, -0.05) is 12.1 Å². The molecule has 3 rings (SSSR count). The van der Waals surface area contributed by atoms with Crippen LogP contribution in [0.1, 0.15) is 46.5 Å². The Morgan fingerprint density at radius 1 is 1.18 bits per heavy atom. The van der Waals surface area contributed by atoms with Gasteiger partial charge in [0.05, 0.1) is 12.0 Å². The molecule has 1 atom stereocenters. The fourth-order valence-electron chi connectivity index (χ4n) is 3.10. The van der Waals surface area contributed by atoms with Crippen LogP contribution in [0.25, 0.3) is 0 Å². The van der Waals surface area contributed by atoms with Gasteiger partial charge in [0, 0.05) is 12.0 Å². The van der Waals surface area contributed by atoms with Gasteiger partial charge in [0.25, 0.3) is 5.91 Å². The van der Waals surface area contributed by atoms with Gasteiger partial charge in [0.2, 0.25) is 0 Å². The van der Waals surface area contributed by atoms with E-state index in [-0.39, 0.29) is 29.9 Å². The first kappa shape index (κ1) is 19.4. The zero-order chi connectivity index (χ0) is 20.5. The van der Waals surface area contributed by atoms with Crippen LogP contribution in [0.5, 0.6) is 11.5 Å². The van der Waals surface area contributed by atoms with Crippen LogP contribution in [0.4, 0.5) is 0 Å². The number of carbonyl (C=O) groups excluding carboxylic acids is 2. The third-order valence-corrected chi connectivity index (χ3v) is 4.49. The number of rotatable bonds is 5. The fourth-order valence-corrected chi connectivity index (χ4v) is 3.10. The topological polar surface area (TPSA) is 113 Å². The van der Waals surface area contributed by atoms with Crippen molar-refractivity contribution in [2.24, 2.45) is 0 Å². The number of aromatic hydroxyl groups is 1. The van der Waals surface area contributed by atoms with E-state index in [9.17, 15) is 24.6 Å². The number of amides is 1. The average Bonchev–Trinajstić information content (AvgIpc) is 2.61. The summed E-state index contributed by atoms with van der Waals surface area (Å²) in [6.45, 7) is 3.63. The van der Waals surface area contributed by atoms with Crippen LogP contribution in [-0.2, 0) is 11.2 Å². The van der Waals surface area contributed by atoms with Gasteiger partial charge in [-0.3, -0.25) is 9.59 Å². The first-order valence-corrected chi connectivity index (χ1v) is 8.82. The molecule has 0 fully saturated rings. The maximum absolute atomic E-state index is 12.6. The molecule has 3 N–H and O–H groups in total. The summed E-state index contributed by atoms with van der Waals surface area (Å²) in [6.07, 6.45) is 0.256. The Kier molecular flexibility index (Phi) is 5.09. The van der Waals surface area contributed by atoms with Crippen molar-refractivity contribution in [3.8, 4) is 11.5 Å². The normalized spacial score (nSPS) is 15.9. The second-order valence-electron chi connectivity index (χ2n) is 7.41. The molecule has 0 bridgehead atoms. The van der Waals surface area contributed by atoms with Crippen molar-refractivity contribution in [3.05, 3.63) is 59.2 Å². The molecular formula is C21H21NO6. The number of benzene rings is 2. The highest BCUT2D eigenvalue weighted by Crippen LogP contribution is 2.33. The average molecular weight is 383 g/mol. The van der Waals surface area contributed by atoms with Crippen molar-refractivity contribution >= 4 is 17.7 Å². The minimum Gasteiger partial charge on any atom is -0.508 e. The Hall–Kier alpha value is -3.35. The van der Waals surface area contributed by atoms with Crippen molar-refractivity contribution in [2.45, 2.75) is 38.3 Å². The number of hydrogen-bond acceptors (Lipinski definition) is 5. The van der Waals surface area contributed by atoms with Crippen molar-refractivity contribution in [1.29, 1.82) is 0 Å². The zero-order valence-electron chi connectivity index (χ0n) is 15.6. The van der Waals surface area contributed by atoms with Gasteiger partial charge < -0.3 is 20.3 Å². The monoisotopic (exact) mass is 383 g/mol. The van der Waals surface area contributed by atoms with Crippen molar-refractivity contribution in [3.63, 3.8) is 0 Å². The summed E-state index contributed by atoms with van der Waals surface area (Å²) in [6, 6.07) is 9.42. The first-order chi connectivity index (χ1) is 13.1. The Morgan fingerprint density at radius 3 is 2.50 bits per heavy atom. The summed E-state index contributed by atoms with van der Waals surface area (Å²) in [5.74, 6) is -1.41. The number of ether oxygens (including phenoxy) is 1. The lowest BCUT2D eigenvalue weighted by Gasteiger charge is -2.31. The maximum Gasteiger partial charge on any atom is 0.326 e. The molecule has 1 aliphatic heterocycles. The molecule has 0 saturated heterocycles. The third-order valence-electron chi connectivity index (χ3n) is 4.49. The molecule has 1 aliphatic rings. The molecule has 1 amide bonds. The maximum atomic E-state index is 12.6. The molecule has 7 nitrogen and oxygen atoms in total.